The van der Waals surface area contributed by atoms with Gasteiger partial charge in [0.15, 0.2) is 0 Å². The molecule has 2 heteroatoms. The molecule has 1 aromatic carbocycles. The number of aryl methyl sites for hydroxylation is 1. The van der Waals surface area contributed by atoms with Gasteiger partial charge in [-0.05, 0) is 0 Å². The molecule has 0 heterocycles. The fourth-order valence-electron chi connectivity index (χ4n) is 0.739. The Morgan fingerprint density at radius 2 is 2.20 bits per heavy atom. The second kappa shape index (κ2) is 3.07. The van der Waals surface area contributed by atoms with Gasteiger partial charge < -0.3 is 0 Å². The van der Waals surface area contributed by atoms with Gasteiger partial charge in [-0.15, -0.1) is 0 Å². The Kier molecular flexibility index (Phi) is 2.34. The molecule has 0 unspecified atom stereocenters. The quantitative estimate of drug-likeness (QED) is 0.713. The van der Waals surface area contributed by atoms with Crippen LogP contribution in [0.25, 0.3) is 0 Å². The molecular formula is C8H8ORh. The molecule has 1 aromatic rings. The van der Waals surface area contributed by atoms with Gasteiger partial charge in [0.25, 0.3) is 0 Å². The zero-order chi connectivity index (χ0) is 7.56. The van der Waals surface area contributed by atoms with Crippen LogP contribution in [0.2, 0.25) is 0 Å². The summed E-state index contributed by atoms with van der Waals surface area (Å²) >= 11 is 2.70. The molecule has 0 saturated carbocycles. The number of rotatable bonds is 1. The van der Waals surface area contributed by atoms with Crippen molar-refractivity contribution in [1.82, 2.24) is 0 Å². The van der Waals surface area contributed by atoms with Crippen LogP contribution >= 0.6 is 0 Å². The zero-order valence-electron chi connectivity index (χ0n) is 5.59. The molecule has 0 bridgehead atoms. The predicted molar refractivity (Wildman–Crippen MR) is 38.0 cm³/mol. The van der Waals surface area contributed by atoms with E-state index in [1.807, 2.05) is 23.7 Å². The van der Waals surface area contributed by atoms with E-state index in [0.29, 0.717) is 5.75 Å². The molecule has 0 aliphatic heterocycles. The summed E-state index contributed by atoms with van der Waals surface area (Å²) in [4.78, 5) is 0. The van der Waals surface area contributed by atoms with Gasteiger partial charge >= 0.3 is 69.6 Å². The van der Waals surface area contributed by atoms with Crippen molar-refractivity contribution in [2.45, 2.75) is 6.92 Å². The monoisotopic (exact) mass is 223 g/mol. The Morgan fingerprint density at radius 3 is 2.70 bits per heavy atom. The van der Waals surface area contributed by atoms with Crippen molar-refractivity contribution in [3.05, 3.63) is 29.3 Å². The molecule has 1 nitrogen and oxygen atoms in total. The molecule has 0 radical (unpaired) electrons. The van der Waals surface area contributed by atoms with Gasteiger partial charge in [0, 0.05) is 0 Å². The Morgan fingerprint density at radius 1 is 1.50 bits per heavy atom. The van der Waals surface area contributed by atoms with Crippen molar-refractivity contribution in [3.63, 3.8) is 0 Å². The minimum atomic E-state index is 0.354. The minimum absolute atomic E-state index is 0.354. The molecule has 0 aliphatic carbocycles. The van der Waals surface area contributed by atoms with Crippen LogP contribution in [0, 0.1) is 6.92 Å². The summed E-state index contributed by atoms with van der Waals surface area (Å²) in [5, 5.41) is 9.12. The summed E-state index contributed by atoms with van der Waals surface area (Å²) in [7, 11) is 0. The first-order valence-corrected chi connectivity index (χ1v) is 3.89. The van der Waals surface area contributed by atoms with Crippen LogP contribution in [0.1, 0.15) is 11.1 Å². The van der Waals surface area contributed by atoms with Crippen molar-refractivity contribution < 1.29 is 23.0 Å². The van der Waals surface area contributed by atoms with E-state index in [1.165, 1.54) is 0 Å². The molecular weight excluding hydrogens is 215 g/mol. The average molecular weight is 223 g/mol. The Hall–Kier alpha value is -0.487. The number of hydrogen-bond acceptors (Lipinski definition) is 1. The first-order valence-electron chi connectivity index (χ1n) is 2.94. The average Bonchev–Trinajstić information content (AvgIpc) is 1.95. The number of hydrogen-bond donors (Lipinski definition) is 1. The van der Waals surface area contributed by atoms with Crippen molar-refractivity contribution in [2.75, 3.05) is 0 Å². The van der Waals surface area contributed by atoms with Crippen LogP contribution in [0.5, 0.6) is 5.75 Å². The van der Waals surface area contributed by atoms with Crippen LogP contribution in [0.3, 0.4) is 0 Å². The summed E-state index contributed by atoms with van der Waals surface area (Å²) in [6.07, 6.45) is 0. The summed E-state index contributed by atoms with van der Waals surface area (Å²) < 4.78 is 1.90. The maximum atomic E-state index is 9.12. The molecule has 0 spiro atoms. The molecule has 0 saturated heterocycles. The number of phenolic OH excluding ortho intramolecular Hbond substituents is 1. The molecule has 0 amide bonds. The zero-order valence-corrected chi connectivity index (χ0v) is 7.23. The topological polar surface area (TPSA) is 20.2 Å². The number of phenols is 1. The third-order valence-corrected chi connectivity index (χ3v) is 1.88. The molecule has 0 atom stereocenters. The predicted octanol–water partition coefficient (Wildman–Crippen LogP) is 1.40. The number of benzene rings is 1. The van der Waals surface area contributed by atoms with Crippen LogP contribution in [0.15, 0.2) is 18.2 Å². The summed E-state index contributed by atoms with van der Waals surface area (Å²) in [6, 6.07) is 5.49. The Bertz CT molecular complexity index is 255. The third-order valence-electron chi connectivity index (χ3n) is 1.33. The van der Waals surface area contributed by atoms with Crippen LogP contribution in [-0.2, 0) is 17.9 Å². The first kappa shape index (κ1) is 7.62. The molecule has 0 aromatic heterocycles. The van der Waals surface area contributed by atoms with Gasteiger partial charge in [-0.2, -0.15) is 0 Å². The van der Waals surface area contributed by atoms with E-state index in [4.69, 9.17) is 5.11 Å². The van der Waals surface area contributed by atoms with Crippen LogP contribution in [-0.4, -0.2) is 9.72 Å². The van der Waals surface area contributed by atoms with E-state index in [9.17, 15) is 0 Å². The normalized spacial score (nSPS) is 9.40. The Labute approximate surface area is 69.9 Å². The molecule has 0 aliphatic rings. The van der Waals surface area contributed by atoms with Crippen molar-refractivity contribution in [2.24, 2.45) is 0 Å². The van der Waals surface area contributed by atoms with E-state index in [2.05, 4.69) is 17.9 Å². The second-order valence-electron chi connectivity index (χ2n) is 2.14. The molecule has 1 N–H and O–H groups in total. The van der Waals surface area contributed by atoms with Crippen LogP contribution in [0.4, 0.5) is 0 Å². The van der Waals surface area contributed by atoms with E-state index in [0.717, 1.165) is 11.1 Å². The summed E-state index contributed by atoms with van der Waals surface area (Å²) in [5.41, 5.74) is 2.01. The van der Waals surface area contributed by atoms with Gasteiger partial charge in [-0.3, -0.25) is 0 Å². The van der Waals surface area contributed by atoms with E-state index in [-0.39, 0.29) is 0 Å². The third kappa shape index (κ3) is 1.51. The van der Waals surface area contributed by atoms with Gasteiger partial charge in [0.05, 0.1) is 0 Å². The Balaban J connectivity index is 3.16. The van der Waals surface area contributed by atoms with Gasteiger partial charge in [0.1, 0.15) is 0 Å². The standard InChI is InChI=1S/C8H8O.Rh/c1-6-3-4-8(9)7(2)5-6;/h1,3-5,9H,2H3;. The van der Waals surface area contributed by atoms with E-state index >= 15 is 0 Å². The molecule has 10 heavy (non-hydrogen) atoms. The van der Waals surface area contributed by atoms with Crippen molar-refractivity contribution in [3.8, 4) is 5.75 Å². The maximum absolute atomic E-state index is 9.12. The van der Waals surface area contributed by atoms with Gasteiger partial charge in [-0.1, -0.05) is 0 Å². The number of aromatic hydroxyl groups is 1. The van der Waals surface area contributed by atoms with Crippen molar-refractivity contribution in [1.29, 1.82) is 0 Å². The summed E-state index contributed by atoms with van der Waals surface area (Å²) in [5.74, 6) is 0.354. The van der Waals surface area contributed by atoms with E-state index < -0.39 is 0 Å². The van der Waals surface area contributed by atoms with E-state index in [1.54, 1.807) is 6.07 Å². The molecule has 55 valence electrons. The molecule has 1 rings (SSSR count). The summed E-state index contributed by atoms with van der Waals surface area (Å²) in [6.45, 7) is 1.88. The fraction of sp³-hybridized carbons (Fsp3) is 0.125. The van der Waals surface area contributed by atoms with Gasteiger partial charge in [-0.25, -0.2) is 0 Å². The van der Waals surface area contributed by atoms with Crippen molar-refractivity contribution >= 4 is 4.61 Å². The van der Waals surface area contributed by atoms with Gasteiger partial charge in [0.2, 0.25) is 0 Å². The fourth-order valence-corrected chi connectivity index (χ4v) is 1.03. The van der Waals surface area contributed by atoms with Crippen LogP contribution < -0.4 is 0 Å². The SMILES string of the molecule is Cc1cc([CH]=[Rh])ccc1O. The first-order chi connectivity index (χ1) is 4.74. The second-order valence-corrected chi connectivity index (χ2v) is 2.62. The molecule has 0 fully saturated rings.